The summed E-state index contributed by atoms with van der Waals surface area (Å²) >= 11 is 0. The van der Waals surface area contributed by atoms with Crippen LogP contribution in [-0.4, -0.2) is 0 Å². The number of unbranched alkanes of at least 4 members (excludes halogenated alkanes) is 4. The number of hydrogen-bond acceptors (Lipinski definition) is 0. The second-order valence-corrected chi connectivity index (χ2v) is 3.71. The Kier molecular flexibility index (Phi) is 8.64. The van der Waals surface area contributed by atoms with E-state index in [1.54, 1.807) is 0 Å². The third kappa shape index (κ3) is 7.84. The number of rotatable bonds is 7. The van der Waals surface area contributed by atoms with Crippen molar-refractivity contribution in [1.82, 2.24) is 0 Å². The third-order valence-electron chi connectivity index (χ3n) is 2.28. The Labute approximate surface area is 78.1 Å². The molecule has 0 aliphatic carbocycles. The summed E-state index contributed by atoms with van der Waals surface area (Å²) < 4.78 is 0. The summed E-state index contributed by atoms with van der Waals surface area (Å²) in [5, 5.41) is 0. The Hall–Kier alpha value is -0.260. The van der Waals surface area contributed by atoms with Gasteiger partial charge in [-0.1, -0.05) is 58.1 Å². The van der Waals surface area contributed by atoms with E-state index in [4.69, 9.17) is 0 Å². The zero-order chi connectivity index (χ0) is 9.23. The van der Waals surface area contributed by atoms with E-state index in [9.17, 15) is 0 Å². The average molecular weight is 168 g/mol. The highest BCUT2D eigenvalue weighted by Crippen LogP contribution is 2.11. The molecule has 0 aromatic rings. The Balaban J connectivity index is 3.08. The quantitative estimate of drug-likeness (QED) is 0.386. The van der Waals surface area contributed by atoms with Crippen LogP contribution in [0, 0.1) is 5.92 Å². The lowest BCUT2D eigenvalue weighted by molar-refractivity contribution is 0.550. The zero-order valence-electron chi connectivity index (χ0n) is 8.97. The van der Waals surface area contributed by atoms with Crippen molar-refractivity contribution < 1.29 is 0 Å². The van der Waals surface area contributed by atoms with Crippen LogP contribution in [0.5, 0.6) is 0 Å². The molecule has 72 valence electrons. The molecule has 0 fully saturated rings. The Morgan fingerprint density at radius 3 is 2.33 bits per heavy atom. The number of hydrogen-bond donors (Lipinski definition) is 0. The molecule has 0 N–H and O–H groups in total. The monoisotopic (exact) mass is 168 g/mol. The third-order valence-corrected chi connectivity index (χ3v) is 2.28. The minimum atomic E-state index is 0.789. The topological polar surface area (TPSA) is 0 Å². The molecule has 12 heavy (non-hydrogen) atoms. The lowest BCUT2D eigenvalue weighted by Crippen LogP contribution is -1.89. The molecule has 0 aromatic carbocycles. The maximum absolute atomic E-state index is 2.31. The van der Waals surface area contributed by atoms with Crippen LogP contribution in [0.15, 0.2) is 12.2 Å². The van der Waals surface area contributed by atoms with Gasteiger partial charge < -0.3 is 0 Å². The van der Waals surface area contributed by atoms with Gasteiger partial charge in [0.1, 0.15) is 0 Å². The van der Waals surface area contributed by atoms with Gasteiger partial charge >= 0.3 is 0 Å². The molecule has 0 aromatic heterocycles. The van der Waals surface area contributed by atoms with Gasteiger partial charge in [0, 0.05) is 0 Å². The largest absolute Gasteiger partial charge is 0.0914 e. The van der Waals surface area contributed by atoms with Crippen LogP contribution in [0.2, 0.25) is 0 Å². The molecule has 0 bridgehead atoms. The Morgan fingerprint density at radius 1 is 1.08 bits per heavy atom. The standard InChI is InChI=1S/C12H24/c1-4-6-7-8-9-11-12(3)10-5-2/h5,10,12H,4,6-9,11H2,1-3H3/b10-5+. The summed E-state index contributed by atoms with van der Waals surface area (Å²) in [5.41, 5.74) is 0. The fourth-order valence-corrected chi connectivity index (χ4v) is 1.49. The van der Waals surface area contributed by atoms with Gasteiger partial charge in [-0.25, -0.2) is 0 Å². The van der Waals surface area contributed by atoms with Crippen molar-refractivity contribution in [2.24, 2.45) is 5.92 Å². The van der Waals surface area contributed by atoms with Gasteiger partial charge in [-0.3, -0.25) is 0 Å². The molecule has 0 rings (SSSR count). The molecule has 0 radical (unpaired) electrons. The summed E-state index contributed by atoms with van der Waals surface area (Å²) in [4.78, 5) is 0. The molecule has 0 heterocycles. The highest BCUT2D eigenvalue weighted by atomic mass is 14.0. The molecule has 0 saturated heterocycles. The Morgan fingerprint density at radius 2 is 1.75 bits per heavy atom. The average Bonchev–Trinajstić information content (AvgIpc) is 2.05. The molecule has 0 spiro atoms. The summed E-state index contributed by atoms with van der Waals surface area (Å²) in [7, 11) is 0. The van der Waals surface area contributed by atoms with Crippen molar-refractivity contribution in [3.8, 4) is 0 Å². The molecule has 0 saturated carbocycles. The first kappa shape index (κ1) is 11.7. The molecule has 1 unspecified atom stereocenters. The second-order valence-electron chi connectivity index (χ2n) is 3.71. The minimum absolute atomic E-state index is 0.789. The van der Waals surface area contributed by atoms with E-state index in [2.05, 4.69) is 32.9 Å². The van der Waals surface area contributed by atoms with Crippen LogP contribution >= 0.6 is 0 Å². The van der Waals surface area contributed by atoms with Crippen LogP contribution in [0.3, 0.4) is 0 Å². The van der Waals surface area contributed by atoms with Crippen molar-refractivity contribution >= 4 is 0 Å². The van der Waals surface area contributed by atoms with Gasteiger partial charge in [0.15, 0.2) is 0 Å². The SMILES string of the molecule is C/C=C/C(C)CCCCCCC. The van der Waals surface area contributed by atoms with Crippen LogP contribution in [0.4, 0.5) is 0 Å². The van der Waals surface area contributed by atoms with Crippen molar-refractivity contribution in [1.29, 1.82) is 0 Å². The van der Waals surface area contributed by atoms with Gasteiger partial charge in [-0.15, -0.1) is 0 Å². The van der Waals surface area contributed by atoms with Gasteiger partial charge in [0.05, 0.1) is 0 Å². The van der Waals surface area contributed by atoms with Gasteiger partial charge in [0.2, 0.25) is 0 Å². The molecule has 0 aliphatic heterocycles. The summed E-state index contributed by atoms with van der Waals surface area (Å²) in [6.07, 6.45) is 12.9. The zero-order valence-corrected chi connectivity index (χ0v) is 8.97. The van der Waals surface area contributed by atoms with E-state index in [-0.39, 0.29) is 0 Å². The van der Waals surface area contributed by atoms with Crippen LogP contribution in [0.25, 0.3) is 0 Å². The smallest absolute Gasteiger partial charge is 0.0262 e. The van der Waals surface area contributed by atoms with Crippen LogP contribution < -0.4 is 0 Å². The lowest BCUT2D eigenvalue weighted by Gasteiger charge is -2.04. The fraction of sp³-hybridized carbons (Fsp3) is 0.833. The van der Waals surface area contributed by atoms with E-state index in [0.29, 0.717) is 0 Å². The maximum Gasteiger partial charge on any atom is -0.0262 e. The summed E-state index contributed by atoms with van der Waals surface area (Å²) in [6.45, 7) is 6.68. The first-order chi connectivity index (χ1) is 5.81. The molecule has 1 atom stereocenters. The summed E-state index contributed by atoms with van der Waals surface area (Å²) in [5.74, 6) is 0.789. The van der Waals surface area contributed by atoms with E-state index in [1.165, 1.54) is 38.5 Å². The predicted molar refractivity (Wildman–Crippen MR) is 57.4 cm³/mol. The molecular weight excluding hydrogens is 144 g/mol. The molecule has 0 aliphatic rings. The first-order valence-electron chi connectivity index (χ1n) is 5.44. The summed E-state index contributed by atoms with van der Waals surface area (Å²) in [6, 6.07) is 0. The van der Waals surface area contributed by atoms with Crippen molar-refractivity contribution in [2.45, 2.75) is 59.3 Å². The highest BCUT2D eigenvalue weighted by molar-refractivity contribution is 4.82. The predicted octanol–water partition coefficient (Wildman–Crippen LogP) is 4.56. The minimum Gasteiger partial charge on any atom is -0.0914 e. The maximum atomic E-state index is 2.31. The first-order valence-corrected chi connectivity index (χ1v) is 5.44. The molecule has 0 amide bonds. The molecule has 0 nitrogen and oxygen atoms in total. The van der Waals surface area contributed by atoms with E-state index in [1.807, 2.05) is 0 Å². The lowest BCUT2D eigenvalue weighted by atomic mass is 10.0. The Bertz CT molecular complexity index is 103. The van der Waals surface area contributed by atoms with Crippen molar-refractivity contribution in [3.63, 3.8) is 0 Å². The molecular formula is C12H24. The van der Waals surface area contributed by atoms with E-state index < -0.39 is 0 Å². The van der Waals surface area contributed by atoms with E-state index >= 15 is 0 Å². The normalized spacial score (nSPS) is 13.9. The van der Waals surface area contributed by atoms with Gasteiger partial charge in [-0.05, 0) is 19.3 Å². The van der Waals surface area contributed by atoms with Gasteiger partial charge in [-0.2, -0.15) is 0 Å². The van der Waals surface area contributed by atoms with Crippen molar-refractivity contribution in [2.75, 3.05) is 0 Å². The van der Waals surface area contributed by atoms with Crippen LogP contribution in [-0.2, 0) is 0 Å². The fourth-order valence-electron chi connectivity index (χ4n) is 1.49. The van der Waals surface area contributed by atoms with E-state index in [0.717, 1.165) is 5.92 Å². The van der Waals surface area contributed by atoms with Crippen molar-refractivity contribution in [3.05, 3.63) is 12.2 Å². The highest BCUT2D eigenvalue weighted by Gasteiger charge is 1.95. The van der Waals surface area contributed by atoms with Gasteiger partial charge in [0.25, 0.3) is 0 Å². The van der Waals surface area contributed by atoms with Crippen LogP contribution in [0.1, 0.15) is 59.3 Å². The second kappa shape index (κ2) is 8.83. The number of allylic oxidation sites excluding steroid dienone is 2. The molecule has 0 heteroatoms.